The predicted molar refractivity (Wildman–Crippen MR) is 76.8 cm³/mol. The van der Waals surface area contributed by atoms with Gasteiger partial charge >= 0.3 is 10.9 Å². The molecule has 0 atom stereocenters. The molecule has 3 N–H and O–H groups in total. The van der Waals surface area contributed by atoms with Crippen LogP contribution >= 0.6 is 22.9 Å². The SMILES string of the molecule is NC(=O)NC(=O)Cn1c(-c2cccc(Cl)c2)csc1=O. The Hall–Kier alpha value is -2.12. The van der Waals surface area contributed by atoms with Gasteiger partial charge in [-0.25, -0.2) is 4.79 Å². The van der Waals surface area contributed by atoms with E-state index in [-0.39, 0.29) is 11.4 Å². The average molecular weight is 312 g/mol. The summed E-state index contributed by atoms with van der Waals surface area (Å²) in [5.41, 5.74) is 6.12. The van der Waals surface area contributed by atoms with Crippen LogP contribution in [0, 0.1) is 0 Å². The first-order valence-corrected chi connectivity index (χ1v) is 6.76. The Morgan fingerprint density at radius 2 is 2.15 bits per heavy atom. The first kappa shape index (κ1) is 14.3. The molecule has 6 nitrogen and oxygen atoms in total. The fourth-order valence-corrected chi connectivity index (χ4v) is 2.63. The highest BCUT2D eigenvalue weighted by molar-refractivity contribution is 7.07. The lowest BCUT2D eigenvalue weighted by Crippen LogP contribution is -2.38. The minimum atomic E-state index is -0.956. The van der Waals surface area contributed by atoms with E-state index in [0.717, 1.165) is 11.3 Å². The molecule has 1 aromatic heterocycles. The van der Waals surface area contributed by atoms with Crippen LogP contribution in [0.3, 0.4) is 0 Å². The van der Waals surface area contributed by atoms with Gasteiger partial charge in [-0.05, 0) is 12.1 Å². The largest absolute Gasteiger partial charge is 0.351 e. The second-order valence-corrected chi connectivity index (χ2v) is 5.15. The number of rotatable bonds is 3. The molecule has 104 valence electrons. The summed E-state index contributed by atoms with van der Waals surface area (Å²) in [5, 5.41) is 4.07. The number of nitrogens with one attached hydrogen (secondary N) is 1. The van der Waals surface area contributed by atoms with Crippen LogP contribution < -0.4 is 15.9 Å². The third kappa shape index (κ3) is 3.25. The Balaban J connectivity index is 2.35. The lowest BCUT2D eigenvalue weighted by atomic mass is 10.2. The van der Waals surface area contributed by atoms with Crippen molar-refractivity contribution < 1.29 is 9.59 Å². The van der Waals surface area contributed by atoms with Gasteiger partial charge in [-0.1, -0.05) is 35.1 Å². The number of imide groups is 1. The zero-order chi connectivity index (χ0) is 14.7. The van der Waals surface area contributed by atoms with Crippen LogP contribution in [0.2, 0.25) is 5.02 Å². The zero-order valence-electron chi connectivity index (χ0n) is 10.1. The molecule has 0 aliphatic rings. The van der Waals surface area contributed by atoms with E-state index in [1.165, 1.54) is 4.57 Å². The van der Waals surface area contributed by atoms with Crippen LogP contribution in [0.1, 0.15) is 0 Å². The quantitative estimate of drug-likeness (QED) is 0.897. The Labute approximate surface area is 122 Å². The lowest BCUT2D eigenvalue weighted by Gasteiger charge is -2.07. The molecule has 8 heteroatoms. The number of primary amides is 1. The first-order chi connectivity index (χ1) is 9.47. The number of aromatic nitrogens is 1. The van der Waals surface area contributed by atoms with Gasteiger partial charge in [0, 0.05) is 16.0 Å². The third-order valence-electron chi connectivity index (χ3n) is 2.47. The van der Waals surface area contributed by atoms with Crippen molar-refractivity contribution in [3.05, 3.63) is 44.3 Å². The summed E-state index contributed by atoms with van der Waals surface area (Å²) in [7, 11) is 0. The van der Waals surface area contributed by atoms with Crippen LogP contribution in [0.5, 0.6) is 0 Å². The van der Waals surface area contributed by atoms with Crippen molar-refractivity contribution in [1.29, 1.82) is 0 Å². The summed E-state index contributed by atoms with van der Waals surface area (Å²) in [4.78, 5) is 33.6. The van der Waals surface area contributed by atoms with Crippen LogP contribution in [0.15, 0.2) is 34.4 Å². The minimum absolute atomic E-state index is 0.285. The van der Waals surface area contributed by atoms with Gasteiger partial charge in [0.15, 0.2) is 0 Å². The monoisotopic (exact) mass is 311 g/mol. The number of hydrogen-bond acceptors (Lipinski definition) is 4. The van der Waals surface area contributed by atoms with Gasteiger partial charge < -0.3 is 5.73 Å². The molecule has 20 heavy (non-hydrogen) atoms. The van der Waals surface area contributed by atoms with E-state index in [1.54, 1.807) is 29.6 Å². The van der Waals surface area contributed by atoms with Crippen molar-refractivity contribution >= 4 is 34.9 Å². The van der Waals surface area contributed by atoms with Gasteiger partial charge in [0.05, 0.1) is 5.69 Å². The first-order valence-electron chi connectivity index (χ1n) is 5.51. The average Bonchev–Trinajstić information content (AvgIpc) is 2.70. The normalized spacial score (nSPS) is 10.2. The standard InChI is InChI=1S/C12H10ClN3O3S/c13-8-3-1-2-7(4-8)9-6-20-12(19)16(9)5-10(17)15-11(14)18/h1-4,6H,5H2,(H3,14,15,17,18). The van der Waals surface area contributed by atoms with E-state index in [9.17, 15) is 14.4 Å². The summed E-state index contributed by atoms with van der Waals surface area (Å²) >= 11 is 6.86. The molecule has 0 unspecified atom stereocenters. The summed E-state index contributed by atoms with van der Waals surface area (Å²) in [6.45, 7) is -0.285. The Morgan fingerprint density at radius 1 is 1.40 bits per heavy atom. The maximum absolute atomic E-state index is 11.8. The molecule has 0 saturated carbocycles. The topological polar surface area (TPSA) is 94.2 Å². The van der Waals surface area contributed by atoms with E-state index in [4.69, 9.17) is 17.3 Å². The van der Waals surface area contributed by atoms with Gasteiger partial charge in [-0.2, -0.15) is 0 Å². The van der Waals surface area contributed by atoms with E-state index in [0.29, 0.717) is 16.3 Å². The van der Waals surface area contributed by atoms with Crippen molar-refractivity contribution in [2.24, 2.45) is 5.73 Å². The number of benzene rings is 1. The molecule has 1 aromatic carbocycles. The minimum Gasteiger partial charge on any atom is -0.351 e. The molecule has 0 fully saturated rings. The van der Waals surface area contributed by atoms with Crippen LogP contribution in [-0.2, 0) is 11.3 Å². The number of carbonyl (C=O) groups excluding carboxylic acids is 2. The molecule has 2 aromatic rings. The van der Waals surface area contributed by atoms with Crippen LogP contribution in [0.25, 0.3) is 11.3 Å². The molecule has 0 saturated heterocycles. The number of amides is 3. The summed E-state index contributed by atoms with van der Waals surface area (Å²) < 4.78 is 1.26. The van der Waals surface area contributed by atoms with Crippen LogP contribution in [0.4, 0.5) is 4.79 Å². The molecule has 3 amide bonds. The van der Waals surface area contributed by atoms with Gasteiger partial charge in [-0.15, -0.1) is 0 Å². The summed E-state index contributed by atoms with van der Waals surface area (Å²) in [5.74, 6) is -0.652. The van der Waals surface area contributed by atoms with Crippen LogP contribution in [-0.4, -0.2) is 16.5 Å². The van der Waals surface area contributed by atoms with Crippen molar-refractivity contribution in [2.45, 2.75) is 6.54 Å². The molecular weight excluding hydrogens is 302 g/mol. The van der Waals surface area contributed by atoms with E-state index < -0.39 is 11.9 Å². The number of halogens is 1. The number of carbonyl (C=O) groups is 2. The Bertz CT molecular complexity index is 723. The zero-order valence-corrected chi connectivity index (χ0v) is 11.7. The maximum atomic E-state index is 11.8. The van der Waals surface area contributed by atoms with Crippen molar-refractivity contribution in [3.8, 4) is 11.3 Å². The second kappa shape index (κ2) is 5.89. The molecule has 0 radical (unpaired) electrons. The molecule has 0 aliphatic carbocycles. The molecule has 1 heterocycles. The Morgan fingerprint density at radius 3 is 2.80 bits per heavy atom. The van der Waals surface area contributed by atoms with Crippen molar-refractivity contribution in [2.75, 3.05) is 0 Å². The highest BCUT2D eigenvalue weighted by atomic mass is 35.5. The fraction of sp³-hybridized carbons (Fsp3) is 0.0833. The number of urea groups is 1. The predicted octanol–water partition coefficient (Wildman–Crippen LogP) is 1.43. The van der Waals surface area contributed by atoms with E-state index in [2.05, 4.69) is 0 Å². The fourth-order valence-electron chi connectivity index (χ4n) is 1.67. The number of thiazole rings is 1. The molecule has 0 spiro atoms. The number of nitrogens with zero attached hydrogens (tertiary/aromatic N) is 1. The Kier molecular flexibility index (Phi) is 4.21. The van der Waals surface area contributed by atoms with Crippen molar-refractivity contribution in [1.82, 2.24) is 9.88 Å². The van der Waals surface area contributed by atoms with E-state index >= 15 is 0 Å². The number of nitrogens with two attached hydrogens (primary N) is 1. The highest BCUT2D eigenvalue weighted by Crippen LogP contribution is 2.23. The molecule has 0 bridgehead atoms. The van der Waals surface area contributed by atoms with Gasteiger partial charge in [0.2, 0.25) is 5.91 Å². The molecule has 2 rings (SSSR count). The lowest BCUT2D eigenvalue weighted by molar-refractivity contribution is -0.120. The highest BCUT2D eigenvalue weighted by Gasteiger charge is 2.13. The number of hydrogen-bond donors (Lipinski definition) is 2. The van der Waals surface area contributed by atoms with Crippen molar-refractivity contribution in [3.63, 3.8) is 0 Å². The maximum Gasteiger partial charge on any atom is 0.318 e. The van der Waals surface area contributed by atoms with Gasteiger partial charge in [0.1, 0.15) is 6.54 Å². The third-order valence-corrected chi connectivity index (χ3v) is 3.47. The molecular formula is C12H10ClN3O3S. The summed E-state index contributed by atoms with van der Waals surface area (Å²) in [6.07, 6.45) is 0. The summed E-state index contributed by atoms with van der Waals surface area (Å²) in [6, 6.07) is 5.96. The van der Waals surface area contributed by atoms with E-state index in [1.807, 2.05) is 5.32 Å². The van der Waals surface area contributed by atoms with Gasteiger partial charge in [-0.3, -0.25) is 19.5 Å². The smallest absolute Gasteiger partial charge is 0.318 e. The van der Waals surface area contributed by atoms with Gasteiger partial charge in [0.25, 0.3) is 0 Å². The molecule has 0 aliphatic heterocycles. The second-order valence-electron chi connectivity index (χ2n) is 3.90.